The molecule has 2 aromatic rings. The van der Waals surface area contributed by atoms with E-state index < -0.39 is 6.10 Å². The van der Waals surface area contributed by atoms with Crippen LogP contribution in [0.4, 0.5) is 0 Å². The maximum atomic E-state index is 12.1. The minimum absolute atomic E-state index is 0.140. The molecule has 0 radical (unpaired) electrons. The van der Waals surface area contributed by atoms with Gasteiger partial charge in [0.05, 0.1) is 16.7 Å². The Balaban J connectivity index is 1.91. The van der Waals surface area contributed by atoms with Crippen LogP contribution >= 0.6 is 22.9 Å². The van der Waals surface area contributed by atoms with Crippen LogP contribution in [0.25, 0.3) is 0 Å². The molecule has 0 aliphatic rings. The third-order valence-electron chi connectivity index (χ3n) is 2.93. The maximum Gasteiger partial charge on any atom is 0.261 e. The summed E-state index contributed by atoms with van der Waals surface area (Å²) in [6, 6.07) is 6.78. The first-order chi connectivity index (χ1) is 9.95. The molecule has 0 aliphatic heterocycles. The number of carbonyl (C=O) groups is 1. The van der Waals surface area contributed by atoms with Crippen molar-refractivity contribution in [2.75, 3.05) is 0 Å². The fraction of sp³-hybridized carbons (Fsp3) is 0.333. The van der Waals surface area contributed by atoms with E-state index in [9.17, 15) is 4.79 Å². The van der Waals surface area contributed by atoms with Crippen molar-refractivity contribution in [2.45, 2.75) is 32.9 Å². The molecule has 0 saturated carbocycles. The first-order valence-corrected chi connectivity index (χ1v) is 7.86. The predicted octanol–water partition coefficient (Wildman–Crippen LogP) is 3.75. The van der Waals surface area contributed by atoms with E-state index in [-0.39, 0.29) is 11.9 Å². The molecule has 112 valence electrons. The lowest BCUT2D eigenvalue weighted by Gasteiger charge is -2.17. The molecule has 1 aromatic carbocycles. The highest BCUT2D eigenvalue weighted by Gasteiger charge is 2.18. The number of rotatable bonds is 5. The first kappa shape index (κ1) is 15.8. The number of aryl methyl sites for hydroxylation is 1. The van der Waals surface area contributed by atoms with Gasteiger partial charge >= 0.3 is 0 Å². The van der Waals surface area contributed by atoms with E-state index in [0.717, 1.165) is 10.7 Å². The molecular weight excluding hydrogens is 308 g/mol. The van der Waals surface area contributed by atoms with Crippen LogP contribution in [0.2, 0.25) is 5.02 Å². The number of nitrogens with zero attached hydrogens (tertiary/aromatic N) is 1. The van der Waals surface area contributed by atoms with Gasteiger partial charge in [-0.2, -0.15) is 0 Å². The zero-order valence-corrected chi connectivity index (χ0v) is 13.7. The van der Waals surface area contributed by atoms with E-state index in [2.05, 4.69) is 10.3 Å². The number of thiazole rings is 1. The molecule has 1 aromatic heterocycles. The molecule has 0 aliphatic carbocycles. The average Bonchev–Trinajstić information content (AvgIpc) is 2.88. The van der Waals surface area contributed by atoms with Gasteiger partial charge in [0, 0.05) is 10.4 Å². The van der Waals surface area contributed by atoms with Gasteiger partial charge in [0.15, 0.2) is 6.10 Å². The molecule has 6 heteroatoms. The third kappa shape index (κ3) is 4.44. The van der Waals surface area contributed by atoms with E-state index in [1.54, 1.807) is 42.5 Å². The largest absolute Gasteiger partial charge is 0.481 e. The SMILES string of the molecule is Cc1nc(C(C)NC(=O)C(C)Oc2ccc(Cl)cc2)cs1. The molecule has 0 fully saturated rings. The second-order valence-corrected chi connectivity index (χ2v) is 6.23. The molecule has 0 bridgehead atoms. The third-order valence-corrected chi connectivity index (χ3v) is 3.98. The van der Waals surface area contributed by atoms with E-state index in [1.807, 2.05) is 19.2 Å². The van der Waals surface area contributed by atoms with Crippen molar-refractivity contribution in [3.63, 3.8) is 0 Å². The zero-order chi connectivity index (χ0) is 15.4. The van der Waals surface area contributed by atoms with Crippen molar-refractivity contribution in [2.24, 2.45) is 0 Å². The van der Waals surface area contributed by atoms with E-state index in [0.29, 0.717) is 10.8 Å². The normalized spacial score (nSPS) is 13.5. The van der Waals surface area contributed by atoms with Gasteiger partial charge in [-0.25, -0.2) is 4.98 Å². The van der Waals surface area contributed by atoms with E-state index in [1.165, 1.54) is 0 Å². The molecule has 0 saturated heterocycles. The number of carbonyl (C=O) groups excluding carboxylic acids is 1. The minimum atomic E-state index is -0.589. The standard InChI is InChI=1S/C15H17ClN2O2S/c1-9(14-8-21-11(3)18-14)17-15(19)10(2)20-13-6-4-12(16)5-7-13/h4-10H,1-3H3,(H,17,19). The molecule has 2 atom stereocenters. The molecule has 2 rings (SSSR count). The second kappa shape index (κ2) is 6.91. The summed E-state index contributed by atoms with van der Waals surface area (Å²) in [7, 11) is 0. The first-order valence-electron chi connectivity index (χ1n) is 6.60. The van der Waals surface area contributed by atoms with Crippen molar-refractivity contribution in [1.82, 2.24) is 10.3 Å². The molecule has 21 heavy (non-hydrogen) atoms. The lowest BCUT2D eigenvalue weighted by atomic mass is 10.2. The molecule has 1 heterocycles. The minimum Gasteiger partial charge on any atom is -0.481 e. The van der Waals surface area contributed by atoms with Crippen molar-refractivity contribution in [3.05, 3.63) is 45.4 Å². The number of aromatic nitrogens is 1. The monoisotopic (exact) mass is 324 g/mol. The molecule has 0 spiro atoms. The summed E-state index contributed by atoms with van der Waals surface area (Å²) < 4.78 is 5.58. The number of ether oxygens (including phenoxy) is 1. The summed E-state index contributed by atoms with van der Waals surface area (Å²) in [4.78, 5) is 16.5. The highest BCUT2D eigenvalue weighted by atomic mass is 35.5. The Hall–Kier alpha value is -1.59. The average molecular weight is 325 g/mol. The summed E-state index contributed by atoms with van der Waals surface area (Å²) in [6.07, 6.45) is -0.589. The number of amides is 1. The van der Waals surface area contributed by atoms with Crippen LogP contribution in [0.5, 0.6) is 5.75 Å². The van der Waals surface area contributed by atoms with Gasteiger partial charge in [-0.1, -0.05) is 11.6 Å². The van der Waals surface area contributed by atoms with Crippen molar-refractivity contribution < 1.29 is 9.53 Å². The van der Waals surface area contributed by atoms with Crippen LogP contribution in [-0.4, -0.2) is 17.0 Å². The van der Waals surface area contributed by atoms with Gasteiger partial charge in [-0.15, -0.1) is 11.3 Å². The fourth-order valence-corrected chi connectivity index (χ4v) is 2.59. The van der Waals surface area contributed by atoms with Crippen LogP contribution in [0.3, 0.4) is 0 Å². The van der Waals surface area contributed by atoms with Crippen LogP contribution < -0.4 is 10.1 Å². The van der Waals surface area contributed by atoms with Crippen molar-refractivity contribution >= 4 is 28.8 Å². The summed E-state index contributed by atoms with van der Waals surface area (Å²) >= 11 is 7.37. The number of benzene rings is 1. The lowest BCUT2D eigenvalue weighted by molar-refractivity contribution is -0.127. The Morgan fingerprint density at radius 3 is 2.57 bits per heavy atom. The highest BCUT2D eigenvalue weighted by molar-refractivity contribution is 7.09. The molecule has 2 unspecified atom stereocenters. The second-order valence-electron chi connectivity index (χ2n) is 4.74. The van der Waals surface area contributed by atoms with E-state index >= 15 is 0 Å². The van der Waals surface area contributed by atoms with Crippen molar-refractivity contribution in [3.8, 4) is 5.75 Å². The van der Waals surface area contributed by atoms with Gasteiger partial charge < -0.3 is 10.1 Å². The Morgan fingerprint density at radius 1 is 1.33 bits per heavy atom. The molecule has 1 N–H and O–H groups in total. The summed E-state index contributed by atoms with van der Waals surface area (Å²) in [5.41, 5.74) is 0.865. The van der Waals surface area contributed by atoms with Crippen LogP contribution in [0.1, 0.15) is 30.6 Å². The van der Waals surface area contributed by atoms with Gasteiger partial charge in [-0.05, 0) is 45.0 Å². The number of halogens is 1. The summed E-state index contributed by atoms with van der Waals surface area (Å²) in [5.74, 6) is 0.433. The Labute approximate surface area is 133 Å². The summed E-state index contributed by atoms with van der Waals surface area (Å²) in [5, 5.41) is 6.46. The lowest BCUT2D eigenvalue weighted by Crippen LogP contribution is -2.37. The smallest absolute Gasteiger partial charge is 0.261 e. The molecule has 1 amide bonds. The Bertz CT molecular complexity index is 612. The predicted molar refractivity (Wildman–Crippen MR) is 85.0 cm³/mol. The number of nitrogens with one attached hydrogen (secondary N) is 1. The van der Waals surface area contributed by atoms with Crippen molar-refractivity contribution in [1.29, 1.82) is 0 Å². The number of hydrogen-bond donors (Lipinski definition) is 1. The van der Waals surface area contributed by atoms with Crippen LogP contribution in [0, 0.1) is 6.92 Å². The van der Waals surface area contributed by atoms with E-state index in [4.69, 9.17) is 16.3 Å². The Morgan fingerprint density at radius 2 is 2.00 bits per heavy atom. The fourth-order valence-electron chi connectivity index (χ4n) is 1.75. The van der Waals surface area contributed by atoms with Crippen LogP contribution in [-0.2, 0) is 4.79 Å². The van der Waals surface area contributed by atoms with Gasteiger partial charge in [0.2, 0.25) is 0 Å². The molecule has 4 nitrogen and oxygen atoms in total. The quantitative estimate of drug-likeness (QED) is 0.911. The van der Waals surface area contributed by atoms with Gasteiger partial charge in [-0.3, -0.25) is 4.79 Å². The maximum absolute atomic E-state index is 12.1. The van der Waals surface area contributed by atoms with Crippen LogP contribution in [0.15, 0.2) is 29.6 Å². The van der Waals surface area contributed by atoms with Gasteiger partial charge in [0.1, 0.15) is 5.75 Å². The number of hydrogen-bond acceptors (Lipinski definition) is 4. The highest BCUT2D eigenvalue weighted by Crippen LogP contribution is 2.18. The zero-order valence-electron chi connectivity index (χ0n) is 12.1. The topological polar surface area (TPSA) is 51.2 Å². The Kier molecular flexibility index (Phi) is 5.20. The molecular formula is C15H17ClN2O2S. The summed E-state index contributed by atoms with van der Waals surface area (Å²) in [6.45, 7) is 5.55. The van der Waals surface area contributed by atoms with Gasteiger partial charge in [0.25, 0.3) is 5.91 Å².